The predicted octanol–water partition coefficient (Wildman–Crippen LogP) is -0.269. The van der Waals surface area contributed by atoms with Crippen molar-refractivity contribution in [1.29, 1.82) is 0 Å². The fraction of sp³-hybridized carbons (Fsp3) is 0.364. The first-order chi connectivity index (χ1) is 9.15. The summed E-state index contributed by atoms with van der Waals surface area (Å²) in [6, 6.07) is 2.08. The highest BCUT2D eigenvalue weighted by Crippen LogP contribution is 2.15. The number of carboxylic acids is 1. The molecule has 7 nitrogen and oxygen atoms in total. The van der Waals surface area contributed by atoms with Crippen LogP contribution in [0, 0.1) is 5.82 Å². The number of halogens is 1. The summed E-state index contributed by atoms with van der Waals surface area (Å²) in [5, 5.41) is 16.3. The lowest BCUT2D eigenvalue weighted by molar-refractivity contribution is -0.138. The van der Waals surface area contributed by atoms with Gasteiger partial charge in [-0.15, -0.1) is 5.10 Å². The van der Waals surface area contributed by atoms with Crippen molar-refractivity contribution >= 4 is 17.6 Å². The highest BCUT2D eigenvalue weighted by Gasteiger charge is 2.30. The van der Waals surface area contributed by atoms with Crippen LogP contribution in [0.4, 0.5) is 10.3 Å². The van der Waals surface area contributed by atoms with E-state index in [0.29, 0.717) is 31.2 Å². The molecule has 0 bridgehead atoms. The van der Waals surface area contributed by atoms with E-state index in [-0.39, 0.29) is 0 Å². The number of piperazine rings is 1. The van der Waals surface area contributed by atoms with Crippen LogP contribution < -0.4 is 10.2 Å². The molecular formula is C11H12FN5O2. The maximum atomic E-state index is 13.1. The summed E-state index contributed by atoms with van der Waals surface area (Å²) < 4.78 is 14.4. The van der Waals surface area contributed by atoms with E-state index in [4.69, 9.17) is 0 Å². The number of nitrogens with one attached hydrogen (secondary N) is 1. The van der Waals surface area contributed by atoms with E-state index < -0.39 is 17.8 Å². The third-order valence-corrected chi connectivity index (χ3v) is 3.07. The topological polar surface area (TPSA) is 82.8 Å². The Balaban J connectivity index is 1.99. The number of nitrogens with zero attached hydrogens (tertiary/aromatic N) is 4. The van der Waals surface area contributed by atoms with Gasteiger partial charge >= 0.3 is 5.97 Å². The minimum atomic E-state index is -0.933. The molecule has 3 rings (SSSR count). The predicted molar refractivity (Wildman–Crippen MR) is 64.6 cm³/mol. The summed E-state index contributed by atoms with van der Waals surface area (Å²) in [6.45, 7) is 1.49. The molecule has 1 fully saturated rings. The van der Waals surface area contributed by atoms with Crippen LogP contribution in [0.3, 0.4) is 0 Å². The summed E-state index contributed by atoms with van der Waals surface area (Å²) in [6.07, 6.45) is 1.21. The van der Waals surface area contributed by atoms with E-state index in [1.54, 1.807) is 4.90 Å². The second-order valence-electron chi connectivity index (χ2n) is 4.31. The molecule has 100 valence electrons. The van der Waals surface area contributed by atoms with Gasteiger partial charge in [-0.1, -0.05) is 0 Å². The number of anilines is 1. The zero-order valence-corrected chi connectivity index (χ0v) is 9.95. The molecule has 2 aromatic rings. The van der Waals surface area contributed by atoms with Crippen molar-refractivity contribution in [2.45, 2.75) is 6.04 Å². The van der Waals surface area contributed by atoms with Gasteiger partial charge < -0.3 is 15.3 Å². The number of hydrogen-bond donors (Lipinski definition) is 2. The van der Waals surface area contributed by atoms with Gasteiger partial charge in [-0.3, -0.25) is 0 Å². The average Bonchev–Trinajstić information content (AvgIpc) is 2.81. The largest absolute Gasteiger partial charge is 0.480 e. The number of carboxylic acid groups (broad SMARTS) is 1. The van der Waals surface area contributed by atoms with Crippen molar-refractivity contribution in [3.63, 3.8) is 0 Å². The smallest absolute Gasteiger partial charge is 0.327 e. The Morgan fingerprint density at radius 3 is 3.16 bits per heavy atom. The molecule has 2 N–H and O–H groups in total. The van der Waals surface area contributed by atoms with Crippen molar-refractivity contribution in [2.75, 3.05) is 24.5 Å². The van der Waals surface area contributed by atoms with E-state index in [1.165, 1.54) is 22.8 Å². The number of carbonyl (C=O) groups is 1. The summed E-state index contributed by atoms with van der Waals surface area (Å²) in [5.74, 6) is -1.05. The highest BCUT2D eigenvalue weighted by atomic mass is 19.1. The Morgan fingerprint density at radius 2 is 2.37 bits per heavy atom. The van der Waals surface area contributed by atoms with Crippen LogP contribution in [0.1, 0.15) is 0 Å². The molecule has 0 spiro atoms. The van der Waals surface area contributed by atoms with E-state index in [0.717, 1.165) is 0 Å². The van der Waals surface area contributed by atoms with E-state index in [2.05, 4.69) is 15.4 Å². The van der Waals surface area contributed by atoms with E-state index in [9.17, 15) is 14.3 Å². The number of fused-ring (bicyclic) bond motifs is 1. The summed E-state index contributed by atoms with van der Waals surface area (Å²) >= 11 is 0. The molecule has 0 amide bonds. The SMILES string of the molecule is O=C(O)C1CNCCN1c1nc2ccc(F)cn2n1. The second-order valence-corrected chi connectivity index (χ2v) is 4.31. The Bertz CT molecular complexity index is 629. The van der Waals surface area contributed by atoms with Gasteiger partial charge in [-0.25, -0.2) is 13.7 Å². The first kappa shape index (κ1) is 11.8. The Labute approximate surface area is 107 Å². The maximum absolute atomic E-state index is 13.1. The Morgan fingerprint density at radius 1 is 1.53 bits per heavy atom. The van der Waals surface area contributed by atoms with Crippen LogP contribution in [-0.4, -0.2) is 51.4 Å². The molecule has 2 aromatic heterocycles. The summed E-state index contributed by atoms with van der Waals surface area (Å²) in [4.78, 5) is 17.0. The van der Waals surface area contributed by atoms with Crippen molar-refractivity contribution in [3.05, 3.63) is 24.1 Å². The van der Waals surface area contributed by atoms with Crippen LogP contribution in [0.2, 0.25) is 0 Å². The third kappa shape index (κ3) is 2.10. The zero-order valence-electron chi connectivity index (χ0n) is 9.95. The summed E-state index contributed by atoms with van der Waals surface area (Å²) in [7, 11) is 0. The number of pyridine rings is 1. The average molecular weight is 265 g/mol. The highest BCUT2D eigenvalue weighted by molar-refractivity contribution is 5.78. The lowest BCUT2D eigenvalue weighted by atomic mass is 10.2. The van der Waals surface area contributed by atoms with Crippen molar-refractivity contribution in [1.82, 2.24) is 19.9 Å². The van der Waals surface area contributed by atoms with Crippen LogP contribution in [0.15, 0.2) is 18.3 Å². The van der Waals surface area contributed by atoms with Gasteiger partial charge in [0.15, 0.2) is 5.65 Å². The van der Waals surface area contributed by atoms with Crippen LogP contribution in [0.5, 0.6) is 0 Å². The second kappa shape index (κ2) is 4.47. The van der Waals surface area contributed by atoms with Crippen LogP contribution in [0.25, 0.3) is 5.65 Å². The van der Waals surface area contributed by atoms with Gasteiger partial charge in [0.25, 0.3) is 0 Å². The maximum Gasteiger partial charge on any atom is 0.327 e. The molecule has 8 heteroatoms. The number of hydrogen-bond acceptors (Lipinski definition) is 5. The molecule has 19 heavy (non-hydrogen) atoms. The normalized spacial score (nSPS) is 19.8. The lowest BCUT2D eigenvalue weighted by Crippen LogP contribution is -2.55. The summed E-state index contributed by atoms with van der Waals surface area (Å²) in [5.41, 5.74) is 0.485. The number of aliphatic carboxylic acids is 1. The van der Waals surface area contributed by atoms with Crippen molar-refractivity contribution in [3.8, 4) is 0 Å². The third-order valence-electron chi connectivity index (χ3n) is 3.07. The monoisotopic (exact) mass is 265 g/mol. The molecular weight excluding hydrogens is 253 g/mol. The van der Waals surface area contributed by atoms with Gasteiger partial charge in [0, 0.05) is 19.6 Å². The molecule has 3 heterocycles. The fourth-order valence-corrected chi connectivity index (χ4v) is 2.13. The molecule has 0 aliphatic carbocycles. The van der Waals surface area contributed by atoms with Gasteiger partial charge in [0.1, 0.15) is 11.9 Å². The molecule has 0 aromatic carbocycles. The van der Waals surface area contributed by atoms with E-state index in [1.807, 2.05) is 0 Å². The quantitative estimate of drug-likeness (QED) is 0.778. The first-order valence-corrected chi connectivity index (χ1v) is 5.87. The number of aromatic nitrogens is 3. The first-order valence-electron chi connectivity index (χ1n) is 5.87. The fourth-order valence-electron chi connectivity index (χ4n) is 2.13. The van der Waals surface area contributed by atoms with Crippen molar-refractivity contribution < 1.29 is 14.3 Å². The molecule has 0 radical (unpaired) electrons. The zero-order chi connectivity index (χ0) is 13.4. The van der Waals surface area contributed by atoms with Gasteiger partial charge in [0.05, 0.1) is 6.20 Å². The van der Waals surface area contributed by atoms with Gasteiger partial charge in [0.2, 0.25) is 5.95 Å². The number of rotatable bonds is 2. The lowest BCUT2D eigenvalue weighted by Gasteiger charge is -2.32. The van der Waals surface area contributed by atoms with Gasteiger partial charge in [-0.2, -0.15) is 4.98 Å². The Hall–Kier alpha value is -2.22. The van der Waals surface area contributed by atoms with E-state index >= 15 is 0 Å². The van der Waals surface area contributed by atoms with Crippen LogP contribution in [-0.2, 0) is 4.79 Å². The minimum Gasteiger partial charge on any atom is -0.480 e. The van der Waals surface area contributed by atoms with Crippen LogP contribution >= 0.6 is 0 Å². The standard InChI is InChI=1S/C11H12FN5O2/c12-7-1-2-9-14-11(15-17(9)6-7)16-4-3-13-5-8(16)10(18)19/h1-2,6,8,13H,3-5H2,(H,18,19). The Kier molecular flexibility index (Phi) is 2.79. The molecule has 0 saturated carbocycles. The van der Waals surface area contributed by atoms with Crippen molar-refractivity contribution in [2.24, 2.45) is 0 Å². The van der Waals surface area contributed by atoms with Gasteiger partial charge in [-0.05, 0) is 12.1 Å². The minimum absolute atomic E-state index is 0.305. The molecule has 1 aliphatic rings. The molecule has 1 aliphatic heterocycles. The molecule has 1 atom stereocenters. The molecule has 1 unspecified atom stereocenters. The molecule has 1 saturated heterocycles.